The lowest BCUT2D eigenvalue weighted by Gasteiger charge is -2.38. The Kier molecular flexibility index (Phi) is 16.1. The molecule has 0 aliphatic heterocycles. The predicted molar refractivity (Wildman–Crippen MR) is 162 cm³/mol. The third kappa shape index (κ3) is 12.9. The van der Waals surface area contributed by atoms with E-state index >= 15 is 0 Å². The van der Waals surface area contributed by atoms with Gasteiger partial charge in [-0.15, -0.1) is 0 Å². The summed E-state index contributed by atoms with van der Waals surface area (Å²) in [5.41, 5.74) is 3.42. The summed E-state index contributed by atoms with van der Waals surface area (Å²) in [4.78, 5) is 10.8. The fourth-order valence-electron chi connectivity index (χ4n) is 4.17. The average Bonchev–Trinajstić information content (AvgIpc) is 3.12. The van der Waals surface area contributed by atoms with Crippen molar-refractivity contribution in [1.29, 1.82) is 0 Å². The van der Waals surface area contributed by atoms with Gasteiger partial charge < -0.3 is 14.6 Å². The molecule has 0 aliphatic rings. The molecule has 0 radical (unpaired) electrons. The Hall–Kier alpha value is -1.70. The van der Waals surface area contributed by atoms with E-state index in [4.69, 9.17) is 19.7 Å². The molecular weight excluding hydrogens is 492 g/mol. The number of hydrogen-bond acceptors (Lipinski definition) is 4. The van der Waals surface area contributed by atoms with Crippen molar-refractivity contribution in [3.63, 3.8) is 0 Å². The Morgan fingerprint density at radius 2 is 1.79 bits per heavy atom. The maximum absolute atomic E-state index is 10.8. The first-order chi connectivity index (χ1) is 17.9. The number of carboxylic acid groups (broad SMARTS) is 1. The number of nitrogens with zero attached hydrogens (tertiary/aromatic N) is 2. The van der Waals surface area contributed by atoms with Gasteiger partial charge in [-0.25, -0.2) is 0 Å². The second-order valence-corrected chi connectivity index (χ2v) is 16.8. The standard InChI is InChI=1S/C31H56N2O4Si/c1-8-9-14-19-27(37-38(6,7)31(3,4)5)22-23-29-28(20-15-10-11-16-21-30(35)36)26(2)33(32-29)24-17-12-13-18-25-34/h10,15,22-23,27,34H,8-9,11-14,16-21,24-25H2,1-7H3,(H,35,36)/b15-10-,23-22+. The first kappa shape index (κ1) is 34.3. The van der Waals surface area contributed by atoms with Gasteiger partial charge in [0.2, 0.25) is 0 Å². The van der Waals surface area contributed by atoms with E-state index in [9.17, 15) is 4.79 Å². The van der Waals surface area contributed by atoms with Crippen LogP contribution in [0.5, 0.6) is 0 Å². The van der Waals surface area contributed by atoms with Gasteiger partial charge in [-0.3, -0.25) is 9.48 Å². The molecule has 7 heteroatoms. The first-order valence-corrected chi connectivity index (χ1v) is 17.7. The summed E-state index contributed by atoms with van der Waals surface area (Å²) < 4.78 is 8.96. The molecule has 1 atom stereocenters. The Morgan fingerprint density at radius 3 is 2.42 bits per heavy atom. The molecule has 2 N–H and O–H groups in total. The molecule has 38 heavy (non-hydrogen) atoms. The molecular formula is C31H56N2O4Si. The van der Waals surface area contributed by atoms with Crippen molar-refractivity contribution < 1.29 is 19.4 Å². The summed E-state index contributed by atoms with van der Waals surface area (Å²) in [6.45, 7) is 17.0. The Labute approximate surface area is 233 Å². The number of unbranched alkanes of at least 4 members (excludes halogenated alkanes) is 6. The second-order valence-electron chi connectivity index (χ2n) is 12.0. The molecule has 1 aromatic heterocycles. The fourth-order valence-corrected chi connectivity index (χ4v) is 5.48. The van der Waals surface area contributed by atoms with E-state index in [1.54, 1.807) is 0 Å². The zero-order chi connectivity index (χ0) is 28.6. The van der Waals surface area contributed by atoms with Crippen molar-refractivity contribution in [2.24, 2.45) is 0 Å². The number of aliphatic hydroxyl groups excluding tert-OH is 1. The third-order valence-electron chi connectivity index (χ3n) is 7.70. The number of rotatable bonds is 20. The SMILES string of the molecule is CCCCCC(/C=C/c1nn(CCCCCCO)c(C)c1C/C=C\CCCC(=O)O)O[Si](C)(C)C(C)(C)C. The minimum absolute atomic E-state index is 0.0887. The number of allylic oxidation sites excluding steroid dienone is 2. The van der Waals surface area contributed by atoms with Crippen LogP contribution in [0, 0.1) is 6.92 Å². The topological polar surface area (TPSA) is 84.6 Å². The number of carbonyl (C=O) groups is 1. The van der Waals surface area contributed by atoms with Gasteiger partial charge in [0.05, 0.1) is 11.8 Å². The third-order valence-corrected chi connectivity index (χ3v) is 12.2. The van der Waals surface area contributed by atoms with E-state index in [1.807, 2.05) is 0 Å². The number of aryl methyl sites for hydroxylation is 1. The van der Waals surface area contributed by atoms with Crippen LogP contribution in [0.15, 0.2) is 18.2 Å². The molecule has 0 saturated carbocycles. The van der Waals surface area contributed by atoms with Crippen LogP contribution >= 0.6 is 0 Å². The zero-order valence-corrected chi connectivity index (χ0v) is 26.4. The van der Waals surface area contributed by atoms with Gasteiger partial charge in [0, 0.05) is 30.8 Å². The van der Waals surface area contributed by atoms with Crippen LogP contribution in [-0.2, 0) is 22.2 Å². The van der Waals surface area contributed by atoms with Crippen molar-refractivity contribution in [1.82, 2.24) is 9.78 Å². The monoisotopic (exact) mass is 548 g/mol. The van der Waals surface area contributed by atoms with Gasteiger partial charge in [-0.2, -0.15) is 5.10 Å². The van der Waals surface area contributed by atoms with Crippen LogP contribution in [0.1, 0.15) is 115 Å². The summed E-state index contributed by atoms with van der Waals surface area (Å²) in [5, 5.41) is 23.1. The normalized spacial score (nSPS) is 13.7. The van der Waals surface area contributed by atoms with E-state index < -0.39 is 14.3 Å². The lowest BCUT2D eigenvalue weighted by Crippen LogP contribution is -2.43. The van der Waals surface area contributed by atoms with Crippen molar-refractivity contribution in [3.8, 4) is 0 Å². The molecule has 0 saturated heterocycles. The van der Waals surface area contributed by atoms with Crippen molar-refractivity contribution >= 4 is 20.4 Å². The molecule has 0 aliphatic carbocycles. The molecule has 0 fully saturated rings. The number of carboxylic acids is 1. The van der Waals surface area contributed by atoms with Crippen molar-refractivity contribution in [3.05, 3.63) is 35.2 Å². The number of hydrogen-bond donors (Lipinski definition) is 2. The van der Waals surface area contributed by atoms with Crippen LogP contribution < -0.4 is 0 Å². The smallest absolute Gasteiger partial charge is 0.303 e. The van der Waals surface area contributed by atoms with Crippen molar-refractivity contribution in [2.45, 2.75) is 142 Å². The van der Waals surface area contributed by atoms with Crippen LogP contribution in [0.2, 0.25) is 18.1 Å². The van der Waals surface area contributed by atoms with E-state index in [-0.39, 0.29) is 24.2 Å². The molecule has 1 heterocycles. The van der Waals surface area contributed by atoms with E-state index in [0.29, 0.717) is 6.42 Å². The van der Waals surface area contributed by atoms with Gasteiger partial charge >= 0.3 is 5.97 Å². The Balaban J connectivity index is 3.12. The van der Waals surface area contributed by atoms with Crippen LogP contribution in [0.25, 0.3) is 6.08 Å². The number of aliphatic carboxylic acids is 1. The van der Waals surface area contributed by atoms with Gasteiger partial charge in [0.1, 0.15) is 0 Å². The van der Waals surface area contributed by atoms with E-state index in [2.05, 4.69) is 76.7 Å². The van der Waals surface area contributed by atoms with Crippen LogP contribution in [-0.4, -0.2) is 47.0 Å². The highest BCUT2D eigenvalue weighted by molar-refractivity contribution is 6.74. The van der Waals surface area contributed by atoms with Gasteiger partial charge in [-0.1, -0.05) is 78.0 Å². The number of aliphatic hydroxyl groups is 1. The summed E-state index contributed by atoms with van der Waals surface area (Å²) in [5.74, 6) is -0.740. The lowest BCUT2D eigenvalue weighted by atomic mass is 10.1. The quantitative estimate of drug-likeness (QED) is 0.0977. The second kappa shape index (κ2) is 17.8. The zero-order valence-electron chi connectivity index (χ0n) is 25.4. The minimum atomic E-state index is -1.90. The minimum Gasteiger partial charge on any atom is -0.481 e. The predicted octanol–water partition coefficient (Wildman–Crippen LogP) is 8.08. The van der Waals surface area contributed by atoms with Gasteiger partial charge in [0.25, 0.3) is 0 Å². The highest BCUT2D eigenvalue weighted by Crippen LogP contribution is 2.38. The maximum Gasteiger partial charge on any atom is 0.303 e. The van der Waals surface area contributed by atoms with Gasteiger partial charge in [0.15, 0.2) is 8.32 Å². The van der Waals surface area contributed by atoms with Crippen LogP contribution in [0.3, 0.4) is 0 Å². The van der Waals surface area contributed by atoms with E-state index in [0.717, 1.165) is 63.6 Å². The lowest BCUT2D eigenvalue weighted by molar-refractivity contribution is -0.137. The largest absolute Gasteiger partial charge is 0.481 e. The molecule has 1 aromatic rings. The summed E-state index contributed by atoms with van der Waals surface area (Å²) in [7, 11) is -1.90. The van der Waals surface area contributed by atoms with Gasteiger partial charge in [-0.05, 0) is 69.7 Å². The Bertz CT molecular complexity index is 868. The summed E-state index contributed by atoms with van der Waals surface area (Å²) >= 11 is 0. The summed E-state index contributed by atoms with van der Waals surface area (Å²) in [6.07, 6.45) is 19.8. The molecule has 218 valence electrons. The first-order valence-electron chi connectivity index (χ1n) is 14.8. The fraction of sp³-hybridized carbons (Fsp3) is 0.742. The molecule has 6 nitrogen and oxygen atoms in total. The highest BCUT2D eigenvalue weighted by atomic mass is 28.4. The molecule has 0 amide bonds. The molecule has 0 aromatic carbocycles. The molecule has 1 rings (SSSR count). The maximum atomic E-state index is 10.8. The van der Waals surface area contributed by atoms with Crippen LogP contribution in [0.4, 0.5) is 0 Å². The number of aromatic nitrogens is 2. The highest BCUT2D eigenvalue weighted by Gasteiger charge is 2.38. The molecule has 1 unspecified atom stereocenters. The Morgan fingerprint density at radius 1 is 1.08 bits per heavy atom. The molecule has 0 spiro atoms. The van der Waals surface area contributed by atoms with Crippen molar-refractivity contribution in [2.75, 3.05) is 6.61 Å². The average molecular weight is 549 g/mol. The molecule has 0 bridgehead atoms. The summed E-state index contributed by atoms with van der Waals surface area (Å²) in [6, 6.07) is 0. The van der Waals surface area contributed by atoms with E-state index in [1.165, 1.54) is 24.1 Å².